The van der Waals surface area contributed by atoms with Crippen LogP contribution in [0.25, 0.3) is 0 Å². The van der Waals surface area contributed by atoms with Crippen LogP contribution in [0.15, 0.2) is 29.4 Å². The number of aliphatic imine (C=N–C) groups is 1. The lowest BCUT2D eigenvalue weighted by atomic mass is 10.3. The van der Waals surface area contributed by atoms with Crippen molar-refractivity contribution in [3.8, 4) is 0 Å². The van der Waals surface area contributed by atoms with Crippen molar-refractivity contribution in [2.24, 2.45) is 10.8 Å². The van der Waals surface area contributed by atoms with Gasteiger partial charge in [-0.3, -0.25) is 15.4 Å². The first-order chi connectivity index (χ1) is 7.77. The second-order valence-corrected chi connectivity index (χ2v) is 3.53. The summed E-state index contributed by atoms with van der Waals surface area (Å²) in [5, 5.41) is 0. The normalized spacial score (nSPS) is 11.3. The molecule has 0 unspecified atom stereocenters. The Hall–Kier alpha value is -1.62. The number of nitrogens with two attached hydrogens (primary N) is 1. The maximum Gasteiger partial charge on any atom is 0.208 e. The molecule has 1 rings (SSSR count). The molecule has 0 aromatic carbocycles. The summed E-state index contributed by atoms with van der Waals surface area (Å²) in [5.74, 6) is 6.11. The van der Waals surface area contributed by atoms with Gasteiger partial charge in [0.15, 0.2) is 0 Å². The van der Waals surface area contributed by atoms with Crippen LogP contribution in [-0.2, 0) is 6.54 Å². The second-order valence-electron chi connectivity index (χ2n) is 3.53. The average molecular weight is 221 g/mol. The summed E-state index contributed by atoms with van der Waals surface area (Å²) in [6, 6.07) is 5.84. The van der Waals surface area contributed by atoms with Crippen molar-refractivity contribution in [1.82, 2.24) is 15.3 Å². The van der Waals surface area contributed by atoms with E-state index >= 15 is 0 Å². The van der Waals surface area contributed by atoms with Crippen LogP contribution < -0.4 is 11.3 Å². The molecular formula is C11H19N5. The van der Waals surface area contributed by atoms with E-state index in [-0.39, 0.29) is 0 Å². The van der Waals surface area contributed by atoms with E-state index < -0.39 is 0 Å². The van der Waals surface area contributed by atoms with Gasteiger partial charge in [0.05, 0.1) is 12.2 Å². The van der Waals surface area contributed by atoms with Gasteiger partial charge in [0.2, 0.25) is 5.96 Å². The van der Waals surface area contributed by atoms with Crippen LogP contribution in [-0.4, -0.2) is 29.4 Å². The lowest BCUT2D eigenvalue weighted by molar-refractivity contribution is 0.470. The quantitative estimate of drug-likeness (QED) is 0.341. The van der Waals surface area contributed by atoms with Crippen molar-refractivity contribution in [1.29, 1.82) is 0 Å². The third-order valence-corrected chi connectivity index (χ3v) is 2.10. The Morgan fingerprint density at radius 3 is 2.94 bits per heavy atom. The maximum absolute atomic E-state index is 5.43. The van der Waals surface area contributed by atoms with Crippen LogP contribution in [0.5, 0.6) is 0 Å². The molecule has 5 heteroatoms. The lowest BCUT2D eigenvalue weighted by Crippen LogP contribution is -2.42. The topological polar surface area (TPSA) is 66.5 Å². The summed E-state index contributed by atoms with van der Waals surface area (Å²) < 4.78 is 0. The summed E-state index contributed by atoms with van der Waals surface area (Å²) in [7, 11) is 1.93. The number of aromatic nitrogens is 1. The molecular weight excluding hydrogens is 202 g/mol. The number of nitrogens with zero attached hydrogens (tertiary/aromatic N) is 3. The summed E-state index contributed by atoms with van der Waals surface area (Å²) in [6.45, 7) is 3.54. The zero-order chi connectivity index (χ0) is 11.8. The fourth-order valence-electron chi connectivity index (χ4n) is 1.30. The number of pyridine rings is 1. The molecule has 0 aliphatic carbocycles. The molecule has 0 spiro atoms. The second kappa shape index (κ2) is 6.79. The van der Waals surface area contributed by atoms with Crippen LogP contribution >= 0.6 is 0 Å². The first kappa shape index (κ1) is 12.4. The molecule has 1 aromatic heterocycles. The van der Waals surface area contributed by atoms with E-state index in [1.165, 1.54) is 0 Å². The zero-order valence-electron chi connectivity index (χ0n) is 9.85. The predicted molar refractivity (Wildman–Crippen MR) is 65.6 cm³/mol. The number of rotatable bonds is 4. The molecule has 0 aliphatic rings. The Labute approximate surface area is 96.4 Å². The van der Waals surface area contributed by atoms with Gasteiger partial charge in [-0.1, -0.05) is 13.0 Å². The highest BCUT2D eigenvalue weighted by Crippen LogP contribution is 1.98. The molecule has 0 fully saturated rings. The van der Waals surface area contributed by atoms with Crippen molar-refractivity contribution >= 4 is 5.96 Å². The van der Waals surface area contributed by atoms with Crippen molar-refractivity contribution in [2.45, 2.75) is 19.9 Å². The van der Waals surface area contributed by atoms with E-state index in [1.807, 2.05) is 30.1 Å². The van der Waals surface area contributed by atoms with E-state index in [4.69, 9.17) is 5.84 Å². The van der Waals surface area contributed by atoms with E-state index in [9.17, 15) is 0 Å². The average Bonchev–Trinajstić information content (AvgIpc) is 2.31. The van der Waals surface area contributed by atoms with Crippen LogP contribution in [0.1, 0.15) is 19.0 Å². The first-order valence-corrected chi connectivity index (χ1v) is 5.40. The predicted octanol–water partition coefficient (Wildman–Crippen LogP) is 0.743. The zero-order valence-corrected chi connectivity index (χ0v) is 9.85. The van der Waals surface area contributed by atoms with Crippen molar-refractivity contribution in [3.05, 3.63) is 30.1 Å². The van der Waals surface area contributed by atoms with Gasteiger partial charge in [0.25, 0.3) is 0 Å². The minimum Gasteiger partial charge on any atom is -0.339 e. The minimum atomic E-state index is 0.688. The Morgan fingerprint density at radius 2 is 2.38 bits per heavy atom. The van der Waals surface area contributed by atoms with E-state index in [1.54, 1.807) is 6.20 Å². The van der Waals surface area contributed by atoms with Crippen LogP contribution in [0.3, 0.4) is 0 Å². The number of hydrogen-bond donors (Lipinski definition) is 2. The molecule has 0 saturated carbocycles. The Kier molecular flexibility index (Phi) is 5.28. The van der Waals surface area contributed by atoms with Gasteiger partial charge in [0.1, 0.15) is 0 Å². The van der Waals surface area contributed by atoms with Crippen LogP contribution in [0, 0.1) is 0 Å². The molecule has 0 amide bonds. The summed E-state index contributed by atoms with van der Waals surface area (Å²) in [5.41, 5.74) is 3.60. The first-order valence-electron chi connectivity index (χ1n) is 5.40. The number of guanidine groups is 1. The van der Waals surface area contributed by atoms with Crippen LogP contribution in [0.2, 0.25) is 0 Å². The molecule has 1 aromatic rings. The maximum atomic E-state index is 5.43. The third kappa shape index (κ3) is 3.86. The van der Waals surface area contributed by atoms with Gasteiger partial charge >= 0.3 is 0 Å². The van der Waals surface area contributed by atoms with Gasteiger partial charge in [-0.05, 0) is 18.6 Å². The molecule has 88 valence electrons. The summed E-state index contributed by atoms with van der Waals surface area (Å²) in [6.07, 6.45) is 2.78. The van der Waals surface area contributed by atoms with E-state index in [2.05, 4.69) is 22.3 Å². The molecule has 3 N–H and O–H groups in total. The van der Waals surface area contributed by atoms with Crippen molar-refractivity contribution < 1.29 is 0 Å². The summed E-state index contributed by atoms with van der Waals surface area (Å²) in [4.78, 5) is 10.5. The lowest BCUT2D eigenvalue weighted by Gasteiger charge is -2.20. The standard InChI is InChI=1S/C11H19N5/c1-3-7-14-11(15-12)16(2)9-10-6-4-5-8-13-10/h4-6,8H,3,7,9,12H2,1-2H3,(H,14,15). The minimum absolute atomic E-state index is 0.688. The SMILES string of the molecule is CCCN=C(NN)N(C)Cc1ccccn1. The number of hydrogen-bond acceptors (Lipinski definition) is 3. The van der Waals surface area contributed by atoms with E-state index in [0.717, 1.165) is 18.7 Å². The Balaban J connectivity index is 2.59. The molecule has 5 nitrogen and oxygen atoms in total. The fourth-order valence-corrected chi connectivity index (χ4v) is 1.30. The molecule has 0 radical (unpaired) electrons. The van der Waals surface area contributed by atoms with Crippen LogP contribution in [0.4, 0.5) is 0 Å². The number of nitrogens with one attached hydrogen (secondary N) is 1. The monoisotopic (exact) mass is 221 g/mol. The molecule has 0 aliphatic heterocycles. The molecule has 0 saturated heterocycles. The Morgan fingerprint density at radius 1 is 1.56 bits per heavy atom. The van der Waals surface area contributed by atoms with Gasteiger partial charge in [-0.25, -0.2) is 5.84 Å². The van der Waals surface area contributed by atoms with Gasteiger partial charge < -0.3 is 4.90 Å². The van der Waals surface area contributed by atoms with Gasteiger partial charge in [-0.15, -0.1) is 0 Å². The summed E-state index contributed by atoms with van der Waals surface area (Å²) >= 11 is 0. The third-order valence-electron chi connectivity index (χ3n) is 2.10. The fraction of sp³-hybridized carbons (Fsp3) is 0.455. The highest BCUT2D eigenvalue weighted by Gasteiger charge is 2.05. The van der Waals surface area contributed by atoms with E-state index in [0.29, 0.717) is 12.5 Å². The Bertz CT molecular complexity index is 322. The van der Waals surface area contributed by atoms with Gasteiger partial charge in [0, 0.05) is 19.8 Å². The molecule has 0 bridgehead atoms. The highest BCUT2D eigenvalue weighted by atomic mass is 15.4. The molecule has 16 heavy (non-hydrogen) atoms. The van der Waals surface area contributed by atoms with Gasteiger partial charge in [-0.2, -0.15) is 0 Å². The van der Waals surface area contributed by atoms with Crippen molar-refractivity contribution in [3.63, 3.8) is 0 Å². The smallest absolute Gasteiger partial charge is 0.208 e. The molecule has 0 atom stereocenters. The highest BCUT2D eigenvalue weighted by molar-refractivity contribution is 5.79. The van der Waals surface area contributed by atoms with Crippen molar-refractivity contribution in [2.75, 3.05) is 13.6 Å². The molecule has 1 heterocycles. The number of hydrazine groups is 1. The largest absolute Gasteiger partial charge is 0.339 e.